The fraction of sp³-hybridized carbons (Fsp3) is 0.700. The Morgan fingerprint density at radius 1 is 1.53 bits per heavy atom. The lowest BCUT2D eigenvalue weighted by Crippen LogP contribution is -2.13. The molecule has 1 aliphatic rings. The van der Waals surface area contributed by atoms with Crippen molar-refractivity contribution in [1.82, 2.24) is 9.55 Å². The van der Waals surface area contributed by atoms with Gasteiger partial charge in [0.2, 0.25) is 0 Å². The zero-order valence-electron chi connectivity index (χ0n) is 10.4. The van der Waals surface area contributed by atoms with Crippen molar-refractivity contribution in [1.29, 1.82) is 0 Å². The van der Waals surface area contributed by atoms with Crippen LogP contribution in [0.5, 0.6) is 0 Å². The molecule has 1 aliphatic heterocycles. The summed E-state index contributed by atoms with van der Waals surface area (Å²) in [4.78, 5) is 4.01. The standard InChI is InChI=1S/C10H15ClN2O4S2/c1-2-3-9-12-10(19(11,16)17)6-13(9)8-4-5-18(14,15)7-8/h6,8H,2-5,7H2,1H3. The average Bonchev–Trinajstić information content (AvgIpc) is 2.81. The van der Waals surface area contributed by atoms with Crippen LogP contribution in [0.2, 0.25) is 0 Å². The molecule has 0 bridgehead atoms. The topological polar surface area (TPSA) is 86.1 Å². The molecule has 9 heteroatoms. The third kappa shape index (κ3) is 3.29. The molecular formula is C10H15ClN2O4S2. The van der Waals surface area contributed by atoms with Gasteiger partial charge in [-0.05, 0) is 12.8 Å². The van der Waals surface area contributed by atoms with Gasteiger partial charge in [-0.25, -0.2) is 21.8 Å². The molecule has 1 fully saturated rings. The SMILES string of the molecule is CCCc1nc(S(=O)(=O)Cl)cn1C1CCS(=O)(=O)C1. The molecule has 0 saturated carbocycles. The van der Waals surface area contributed by atoms with Crippen molar-refractivity contribution < 1.29 is 16.8 Å². The summed E-state index contributed by atoms with van der Waals surface area (Å²) in [6.45, 7) is 1.94. The summed E-state index contributed by atoms with van der Waals surface area (Å²) < 4.78 is 47.3. The summed E-state index contributed by atoms with van der Waals surface area (Å²) in [5.74, 6) is 0.732. The second-order valence-electron chi connectivity index (χ2n) is 4.65. The summed E-state index contributed by atoms with van der Waals surface area (Å²) in [7, 11) is -1.64. The molecule has 1 atom stereocenters. The molecule has 19 heavy (non-hydrogen) atoms. The highest BCUT2D eigenvalue weighted by atomic mass is 35.7. The third-order valence-electron chi connectivity index (χ3n) is 3.11. The van der Waals surface area contributed by atoms with Crippen LogP contribution in [0.4, 0.5) is 0 Å². The quantitative estimate of drug-likeness (QED) is 0.774. The van der Waals surface area contributed by atoms with Gasteiger partial charge in [-0.3, -0.25) is 0 Å². The van der Waals surface area contributed by atoms with Crippen molar-refractivity contribution in [2.75, 3.05) is 11.5 Å². The average molecular weight is 327 g/mol. The van der Waals surface area contributed by atoms with Gasteiger partial charge >= 0.3 is 0 Å². The van der Waals surface area contributed by atoms with E-state index >= 15 is 0 Å². The van der Waals surface area contributed by atoms with Crippen molar-refractivity contribution in [3.63, 3.8) is 0 Å². The highest BCUT2D eigenvalue weighted by Crippen LogP contribution is 2.27. The number of aryl methyl sites for hydroxylation is 1. The summed E-state index contributed by atoms with van der Waals surface area (Å²) in [6, 6.07) is -0.244. The summed E-state index contributed by atoms with van der Waals surface area (Å²) in [5, 5.41) is -0.207. The maximum absolute atomic E-state index is 11.5. The predicted octanol–water partition coefficient (Wildman–Crippen LogP) is 1.12. The van der Waals surface area contributed by atoms with Crippen LogP contribution in [0.1, 0.15) is 31.6 Å². The van der Waals surface area contributed by atoms with Gasteiger partial charge in [0.05, 0.1) is 11.5 Å². The number of hydrogen-bond donors (Lipinski definition) is 0. The number of sulfone groups is 1. The zero-order chi connectivity index (χ0) is 14.3. The van der Waals surface area contributed by atoms with Crippen molar-refractivity contribution >= 4 is 29.6 Å². The first-order valence-electron chi connectivity index (χ1n) is 5.96. The summed E-state index contributed by atoms with van der Waals surface area (Å²) in [5.41, 5.74) is 0. The molecule has 6 nitrogen and oxygen atoms in total. The van der Waals surface area contributed by atoms with Crippen LogP contribution in [-0.4, -0.2) is 37.9 Å². The second kappa shape index (κ2) is 5.06. The molecule has 0 aliphatic carbocycles. The number of hydrogen-bond acceptors (Lipinski definition) is 5. The van der Waals surface area contributed by atoms with E-state index in [1.54, 1.807) is 4.57 Å². The normalized spacial score (nSPS) is 22.7. The Kier molecular flexibility index (Phi) is 3.95. The molecule has 2 heterocycles. The minimum Gasteiger partial charge on any atom is -0.329 e. The summed E-state index contributed by atoms with van der Waals surface area (Å²) >= 11 is 0. The van der Waals surface area contributed by atoms with E-state index in [2.05, 4.69) is 4.98 Å². The molecular weight excluding hydrogens is 312 g/mol. The Bertz CT molecular complexity index is 678. The highest BCUT2D eigenvalue weighted by Gasteiger charge is 2.31. The molecule has 0 amide bonds. The Labute approximate surface area is 117 Å². The lowest BCUT2D eigenvalue weighted by atomic mass is 10.2. The van der Waals surface area contributed by atoms with Gasteiger partial charge < -0.3 is 4.57 Å². The number of nitrogens with zero attached hydrogens (tertiary/aromatic N) is 2. The number of aromatic nitrogens is 2. The van der Waals surface area contributed by atoms with Crippen LogP contribution >= 0.6 is 10.7 Å². The molecule has 0 spiro atoms. The van der Waals surface area contributed by atoms with E-state index in [9.17, 15) is 16.8 Å². The molecule has 0 radical (unpaired) electrons. The van der Waals surface area contributed by atoms with E-state index in [4.69, 9.17) is 10.7 Å². The molecule has 1 saturated heterocycles. The van der Waals surface area contributed by atoms with E-state index in [0.29, 0.717) is 18.7 Å². The highest BCUT2D eigenvalue weighted by molar-refractivity contribution is 8.13. The predicted molar refractivity (Wildman–Crippen MR) is 71.6 cm³/mol. The first kappa shape index (κ1) is 14.8. The van der Waals surface area contributed by atoms with E-state index in [-0.39, 0.29) is 22.6 Å². The van der Waals surface area contributed by atoms with E-state index in [1.807, 2.05) is 6.92 Å². The fourth-order valence-corrected chi connectivity index (χ4v) is 4.63. The van der Waals surface area contributed by atoms with Crippen LogP contribution in [-0.2, 0) is 25.3 Å². The molecule has 1 aromatic heterocycles. The maximum Gasteiger partial charge on any atom is 0.280 e. The third-order valence-corrected chi connectivity index (χ3v) is 6.03. The molecule has 1 aromatic rings. The Morgan fingerprint density at radius 2 is 2.21 bits per heavy atom. The van der Waals surface area contributed by atoms with Gasteiger partial charge in [0.25, 0.3) is 9.05 Å². The van der Waals surface area contributed by atoms with Crippen molar-refractivity contribution in [2.45, 2.75) is 37.3 Å². The second-order valence-corrected chi connectivity index (χ2v) is 9.39. The van der Waals surface area contributed by atoms with E-state index in [1.165, 1.54) is 6.20 Å². The molecule has 0 aromatic carbocycles. The van der Waals surface area contributed by atoms with Crippen molar-refractivity contribution in [2.24, 2.45) is 0 Å². The van der Waals surface area contributed by atoms with E-state index < -0.39 is 18.9 Å². The fourth-order valence-electron chi connectivity index (χ4n) is 2.24. The first-order valence-corrected chi connectivity index (χ1v) is 10.1. The Hall–Kier alpha value is -0.600. The summed E-state index contributed by atoms with van der Waals surface area (Å²) in [6.07, 6.45) is 3.21. The van der Waals surface area contributed by atoms with Gasteiger partial charge in [0, 0.05) is 29.3 Å². The lowest BCUT2D eigenvalue weighted by molar-refractivity contribution is 0.528. The number of rotatable bonds is 4. The van der Waals surface area contributed by atoms with Crippen LogP contribution in [0.25, 0.3) is 0 Å². The minimum atomic E-state index is -3.89. The number of imidazole rings is 1. The van der Waals surface area contributed by atoms with Gasteiger partial charge in [-0.15, -0.1) is 0 Å². The van der Waals surface area contributed by atoms with Gasteiger partial charge in [0.15, 0.2) is 14.9 Å². The van der Waals surface area contributed by atoms with Crippen molar-refractivity contribution in [3.05, 3.63) is 12.0 Å². The zero-order valence-corrected chi connectivity index (χ0v) is 12.8. The van der Waals surface area contributed by atoms with Crippen LogP contribution < -0.4 is 0 Å². The van der Waals surface area contributed by atoms with Gasteiger partial charge in [-0.1, -0.05) is 6.92 Å². The van der Waals surface area contributed by atoms with Crippen LogP contribution in [0.3, 0.4) is 0 Å². The molecule has 0 N–H and O–H groups in total. The van der Waals surface area contributed by atoms with Gasteiger partial charge in [0.1, 0.15) is 5.82 Å². The van der Waals surface area contributed by atoms with Crippen LogP contribution in [0.15, 0.2) is 11.2 Å². The number of halogens is 1. The molecule has 108 valence electrons. The van der Waals surface area contributed by atoms with Gasteiger partial charge in [-0.2, -0.15) is 0 Å². The minimum absolute atomic E-state index is 0.0296. The Balaban J connectivity index is 2.41. The smallest absolute Gasteiger partial charge is 0.280 e. The van der Waals surface area contributed by atoms with Crippen LogP contribution in [0, 0.1) is 0 Å². The Morgan fingerprint density at radius 3 is 2.68 bits per heavy atom. The van der Waals surface area contributed by atoms with Crippen molar-refractivity contribution in [3.8, 4) is 0 Å². The first-order chi connectivity index (χ1) is 8.73. The molecule has 2 rings (SSSR count). The maximum atomic E-state index is 11.5. The largest absolute Gasteiger partial charge is 0.329 e. The monoisotopic (exact) mass is 326 g/mol. The molecule has 1 unspecified atom stereocenters. The lowest BCUT2D eigenvalue weighted by Gasteiger charge is -2.12. The van der Waals surface area contributed by atoms with E-state index in [0.717, 1.165) is 6.42 Å².